The van der Waals surface area contributed by atoms with Crippen LogP contribution in [0.3, 0.4) is 0 Å². The molecule has 0 radical (unpaired) electrons. The van der Waals surface area contributed by atoms with E-state index in [9.17, 15) is 4.79 Å². The summed E-state index contributed by atoms with van der Waals surface area (Å²) in [4.78, 5) is 12.0. The van der Waals surface area contributed by atoms with Gasteiger partial charge in [0.15, 0.2) is 0 Å². The van der Waals surface area contributed by atoms with E-state index in [1.807, 2.05) is 0 Å². The highest BCUT2D eigenvalue weighted by molar-refractivity contribution is 5.80. The van der Waals surface area contributed by atoms with E-state index in [1.54, 1.807) is 0 Å². The van der Waals surface area contributed by atoms with Crippen LogP contribution in [-0.4, -0.2) is 31.3 Å². The Morgan fingerprint density at radius 3 is 3.00 bits per heavy atom. The first kappa shape index (κ1) is 12.8. The first-order valence-electron chi connectivity index (χ1n) is 6.64. The molecule has 0 spiro atoms. The minimum Gasteiger partial charge on any atom is -0.464 e. The van der Waals surface area contributed by atoms with Crippen molar-refractivity contribution in [1.82, 2.24) is 0 Å². The van der Waals surface area contributed by atoms with Gasteiger partial charge < -0.3 is 15.2 Å². The molecule has 1 saturated heterocycles. The molecule has 0 bridgehead atoms. The summed E-state index contributed by atoms with van der Waals surface area (Å²) in [5.74, 6) is 0.677. The number of ether oxygens (including phenoxy) is 2. The zero-order chi connectivity index (χ0) is 12.3. The second kappa shape index (κ2) is 5.36. The van der Waals surface area contributed by atoms with Crippen molar-refractivity contribution in [3.63, 3.8) is 0 Å². The van der Waals surface area contributed by atoms with Gasteiger partial charge in [-0.25, -0.2) is 0 Å². The Balaban J connectivity index is 1.81. The van der Waals surface area contributed by atoms with Gasteiger partial charge in [-0.2, -0.15) is 0 Å². The molecule has 0 amide bonds. The summed E-state index contributed by atoms with van der Waals surface area (Å²) >= 11 is 0. The largest absolute Gasteiger partial charge is 0.464 e. The Labute approximate surface area is 103 Å². The van der Waals surface area contributed by atoms with E-state index in [0.717, 1.165) is 32.3 Å². The lowest BCUT2D eigenvalue weighted by molar-refractivity contribution is -0.153. The molecule has 0 aromatic carbocycles. The van der Waals surface area contributed by atoms with Crippen molar-refractivity contribution < 1.29 is 14.3 Å². The summed E-state index contributed by atoms with van der Waals surface area (Å²) < 4.78 is 10.6. The van der Waals surface area contributed by atoms with Crippen LogP contribution in [0.4, 0.5) is 0 Å². The SMILES string of the molecule is CC1CCCC(N)(C(=O)OCC2CCOC2)C1. The maximum absolute atomic E-state index is 12.0. The summed E-state index contributed by atoms with van der Waals surface area (Å²) in [5, 5.41) is 0. The first-order chi connectivity index (χ1) is 8.10. The Bertz CT molecular complexity index is 276. The number of nitrogens with two attached hydrogens (primary N) is 1. The fraction of sp³-hybridized carbons (Fsp3) is 0.923. The van der Waals surface area contributed by atoms with E-state index in [1.165, 1.54) is 6.42 Å². The minimum atomic E-state index is -0.739. The Kier molecular flexibility index (Phi) is 4.05. The Morgan fingerprint density at radius 1 is 1.53 bits per heavy atom. The zero-order valence-corrected chi connectivity index (χ0v) is 10.6. The molecule has 0 aromatic rings. The lowest BCUT2D eigenvalue weighted by atomic mass is 9.77. The van der Waals surface area contributed by atoms with Gasteiger partial charge in [-0.15, -0.1) is 0 Å². The van der Waals surface area contributed by atoms with E-state index >= 15 is 0 Å². The zero-order valence-electron chi connectivity index (χ0n) is 10.6. The van der Waals surface area contributed by atoms with Crippen LogP contribution in [0.25, 0.3) is 0 Å². The van der Waals surface area contributed by atoms with Gasteiger partial charge in [0.25, 0.3) is 0 Å². The van der Waals surface area contributed by atoms with E-state index in [2.05, 4.69) is 6.92 Å². The lowest BCUT2D eigenvalue weighted by Crippen LogP contribution is -2.52. The average molecular weight is 241 g/mol. The van der Waals surface area contributed by atoms with E-state index < -0.39 is 5.54 Å². The molecule has 4 nitrogen and oxygen atoms in total. The van der Waals surface area contributed by atoms with Crippen LogP contribution >= 0.6 is 0 Å². The summed E-state index contributed by atoms with van der Waals surface area (Å²) in [6.07, 6.45) is 4.70. The van der Waals surface area contributed by atoms with Crippen LogP contribution in [0.5, 0.6) is 0 Å². The van der Waals surface area contributed by atoms with Gasteiger partial charge in [-0.3, -0.25) is 4.79 Å². The van der Waals surface area contributed by atoms with Crippen molar-refractivity contribution in [1.29, 1.82) is 0 Å². The maximum atomic E-state index is 12.0. The van der Waals surface area contributed by atoms with Crippen LogP contribution in [0, 0.1) is 11.8 Å². The number of hydrogen-bond acceptors (Lipinski definition) is 4. The highest BCUT2D eigenvalue weighted by atomic mass is 16.5. The van der Waals surface area contributed by atoms with Crippen LogP contribution in [0.15, 0.2) is 0 Å². The summed E-state index contributed by atoms with van der Waals surface area (Å²) in [5.41, 5.74) is 5.43. The topological polar surface area (TPSA) is 61.6 Å². The van der Waals surface area contributed by atoms with Gasteiger partial charge in [0, 0.05) is 12.5 Å². The van der Waals surface area contributed by atoms with Crippen LogP contribution in [-0.2, 0) is 14.3 Å². The van der Waals surface area contributed by atoms with Crippen molar-refractivity contribution in [2.45, 2.75) is 44.6 Å². The van der Waals surface area contributed by atoms with E-state index in [0.29, 0.717) is 25.0 Å². The fourth-order valence-corrected chi connectivity index (χ4v) is 2.83. The van der Waals surface area contributed by atoms with Crippen LogP contribution in [0.1, 0.15) is 39.0 Å². The second-order valence-corrected chi connectivity index (χ2v) is 5.69. The molecule has 3 atom stereocenters. The molecule has 2 fully saturated rings. The monoisotopic (exact) mass is 241 g/mol. The van der Waals surface area contributed by atoms with Crippen molar-refractivity contribution in [3.05, 3.63) is 0 Å². The molecule has 98 valence electrons. The van der Waals surface area contributed by atoms with Crippen LogP contribution in [0.2, 0.25) is 0 Å². The molecule has 1 aliphatic heterocycles. The molecule has 3 unspecified atom stereocenters. The van der Waals surface area contributed by atoms with Gasteiger partial charge in [0.05, 0.1) is 13.2 Å². The van der Waals surface area contributed by atoms with E-state index in [-0.39, 0.29) is 5.97 Å². The number of carbonyl (C=O) groups is 1. The third kappa shape index (κ3) is 3.19. The van der Waals surface area contributed by atoms with Gasteiger partial charge in [-0.1, -0.05) is 19.8 Å². The van der Waals surface area contributed by atoms with Crippen molar-refractivity contribution in [3.8, 4) is 0 Å². The average Bonchev–Trinajstić information content (AvgIpc) is 2.78. The second-order valence-electron chi connectivity index (χ2n) is 5.69. The van der Waals surface area contributed by atoms with Crippen molar-refractivity contribution >= 4 is 5.97 Å². The predicted octanol–water partition coefficient (Wildman–Crippen LogP) is 1.47. The van der Waals surface area contributed by atoms with Crippen molar-refractivity contribution in [2.24, 2.45) is 17.6 Å². The first-order valence-corrected chi connectivity index (χ1v) is 6.64. The van der Waals surface area contributed by atoms with Gasteiger partial charge in [0.2, 0.25) is 0 Å². The van der Waals surface area contributed by atoms with Crippen LogP contribution < -0.4 is 5.73 Å². The third-order valence-electron chi connectivity index (χ3n) is 3.91. The number of carbonyl (C=O) groups excluding carboxylic acids is 1. The summed E-state index contributed by atoms with van der Waals surface area (Å²) in [6, 6.07) is 0. The fourth-order valence-electron chi connectivity index (χ4n) is 2.83. The molecule has 1 heterocycles. The standard InChI is InChI=1S/C13H23NO3/c1-10-3-2-5-13(14,7-10)12(15)17-9-11-4-6-16-8-11/h10-11H,2-9,14H2,1H3. The molecule has 4 heteroatoms. The smallest absolute Gasteiger partial charge is 0.326 e. The molecular weight excluding hydrogens is 218 g/mol. The quantitative estimate of drug-likeness (QED) is 0.760. The minimum absolute atomic E-state index is 0.212. The van der Waals surface area contributed by atoms with E-state index in [4.69, 9.17) is 15.2 Å². The highest BCUT2D eigenvalue weighted by Gasteiger charge is 2.39. The number of rotatable bonds is 3. The summed E-state index contributed by atoms with van der Waals surface area (Å²) in [6.45, 7) is 4.11. The Morgan fingerprint density at radius 2 is 2.35 bits per heavy atom. The molecular formula is C13H23NO3. The molecule has 2 N–H and O–H groups in total. The van der Waals surface area contributed by atoms with Gasteiger partial charge >= 0.3 is 5.97 Å². The normalized spacial score (nSPS) is 38.0. The number of esters is 1. The molecule has 2 aliphatic rings. The van der Waals surface area contributed by atoms with Crippen molar-refractivity contribution in [2.75, 3.05) is 19.8 Å². The Hall–Kier alpha value is -0.610. The number of hydrogen-bond donors (Lipinski definition) is 1. The third-order valence-corrected chi connectivity index (χ3v) is 3.91. The lowest BCUT2D eigenvalue weighted by Gasteiger charge is -2.34. The molecule has 1 aliphatic carbocycles. The molecule has 1 saturated carbocycles. The molecule has 0 aromatic heterocycles. The molecule has 2 rings (SSSR count). The van der Waals surface area contributed by atoms with Gasteiger partial charge in [-0.05, 0) is 25.2 Å². The van der Waals surface area contributed by atoms with Gasteiger partial charge in [0.1, 0.15) is 5.54 Å². The predicted molar refractivity (Wildman–Crippen MR) is 64.4 cm³/mol. The highest BCUT2D eigenvalue weighted by Crippen LogP contribution is 2.31. The summed E-state index contributed by atoms with van der Waals surface area (Å²) in [7, 11) is 0. The molecule has 17 heavy (non-hydrogen) atoms. The maximum Gasteiger partial charge on any atom is 0.326 e.